The topological polar surface area (TPSA) is 103 Å². The summed E-state index contributed by atoms with van der Waals surface area (Å²) >= 11 is 6.24. The first-order chi connectivity index (χ1) is 13.6. The van der Waals surface area contributed by atoms with Crippen molar-refractivity contribution in [1.29, 1.82) is 0 Å². The summed E-state index contributed by atoms with van der Waals surface area (Å²) in [6.07, 6.45) is 1.76. The maximum absolute atomic E-state index is 9.73. The van der Waals surface area contributed by atoms with Crippen molar-refractivity contribution in [2.75, 3.05) is 5.32 Å². The molecule has 0 amide bonds. The summed E-state index contributed by atoms with van der Waals surface area (Å²) < 4.78 is 1.62. The zero-order chi connectivity index (χ0) is 19.7. The number of phenolic OH excluding ortho intramolecular Hbond substituents is 1. The molecule has 8 heteroatoms. The zero-order valence-corrected chi connectivity index (χ0v) is 15.4. The average molecular weight is 397 g/mol. The van der Waals surface area contributed by atoms with Crippen LogP contribution in [0.2, 0.25) is 5.02 Å². The maximum Gasteiger partial charge on any atom is 0.247 e. The molecule has 0 fully saturated rings. The first-order valence-electron chi connectivity index (χ1n) is 8.52. The van der Waals surface area contributed by atoms with E-state index >= 15 is 0 Å². The zero-order valence-electron chi connectivity index (χ0n) is 14.7. The number of benzene rings is 2. The Morgan fingerprint density at radius 2 is 1.71 bits per heavy atom. The van der Waals surface area contributed by atoms with Gasteiger partial charge in [-0.25, -0.2) is 4.52 Å². The fourth-order valence-electron chi connectivity index (χ4n) is 2.98. The Morgan fingerprint density at radius 1 is 0.964 bits per heavy atom. The molecule has 0 atom stereocenters. The van der Waals surface area contributed by atoms with Crippen LogP contribution in [-0.4, -0.2) is 29.9 Å². The van der Waals surface area contributed by atoms with Gasteiger partial charge in [0, 0.05) is 22.5 Å². The number of hydrogen-bond donors (Lipinski definition) is 4. The molecule has 0 spiro atoms. The summed E-state index contributed by atoms with van der Waals surface area (Å²) in [5, 5.41) is 36.5. The number of nitrogens with zero attached hydrogens (tertiary/aromatic N) is 3. The number of pyridine rings is 1. The van der Waals surface area contributed by atoms with Gasteiger partial charge < -0.3 is 20.6 Å². The van der Waals surface area contributed by atoms with Crippen LogP contribution in [0, 0.1) is 0 Å². The number of aliphatic hydroxyl groups excluding tert-OH is 2. The molecule has 4 rings (SSSR count). The van der Waals surface area contributed by atoms with Crippen molar-refractivity contribution in [2.45, 2.75) is 13.2 Å². The van der Waals surface area contributed by atoms with Gasteiger partial charge in [-0.05, 0) is 59.2 Å². The van der Waals surface area contributed by atoms with Crippen molar-refractivity contribution in [3.05, 3.63) is 70.9 Å². The lowest BCUT2D eigenvalue weighted by atomic mass is 10.1. The Labute approximate surface area is 165 Å². The van der Waals surface area contributed by atoms with Gasteiger partial charge in [-0.15, -0.1) is 5.10 Å². The first kappa shape index (κ1) is 18.2. The SMILES string of the molecule is OCc1cc(CO)cc(Nc2nc3cc(-c4cc(O)ccc4Cl)ccn3n2)c1. The van der Waals surface area contributed by atoms with Crippen LogP contribution >= 0.6 is 11.6 Å². The Hall–Kier alpha value is -3.13. The summed E-state index contributed by atoms with van der Waals surface area (Å²) in [7, 11) is 0. The van der Waals surface area contributed by atoms with Crippen LogP contribution in [0.1, 0.15) is 11.1 Å². The Balaban J connectivity index is 1.68. The molecular formula is C20H17ClN4O3. The summed E-state index contributed by atoms with van der Waals surface area (Å²) in [5.74, 6) is 0.504. The van der Waals surface area contributed by atoms with Gasteiger partial charge in [0.05, 0.1) is 13.2 Å². The largest absolute Gasteiger partial charge is 0.508 e. The number of aromatic hydroxyl groups is 1. The fraction of sp³-hybridized carbons (Fsp3) is 0.100. The standard InChI is InChI=1S/C20H17ClN4O3/c21-18-2-1-16(28)9-17(18)14-3-4-25-19(8-14)23-20(24-25)22-15-6-12(10-26)5-13(7-15)11-27/h1-9,26-28H,10-11H2,(H,22,24). The number of hydrogen-bond acceptors (Lipinski definition) is 6. The predicted molar refractivity (Wildman–Crippen MR) is 107 cm³/mol. The van der Waals surface area contributed by atoms with Gasteiger partial charge >= 0.3 is 0 Å². The number of rotatable bonds is 5. The molecule has 2 heterocycles. The molecule has 2 aromatic carbocycles. The number of aromatic nitrogens is 3. The highest BCUT2D eigenvalue weighted by Crippen LogP contribution is 2.31. The van der Waals surface area contributed by atoms with E-state index in [9.17, 15) is 15.3 Å². The highest BCUT2D eigenvalue weighted by atomic mass is 35.5. The first-order valence-corrected chi connectivity index (χ1v) is 8.90. The molecule has 0 radical (unpaired) electrons. The normalized spacial score (nSPS) is 11.1. The van der Waals surface area contributed by atoms with Crippen LogP contribution < -0.4 is 5.32 Å². The van der Waals surface area contributed by atoms with Gasteiger partial charge in [0.1, 0.15) is 5.75 Å². The van der Waals surface area contributed by atoms with E-state index in [4.69, 9.17) is 11.6 Å². The van der Waals surface area contributed by atoms with E-state index in [2.05, 4.69) is 15.4 Å². The molecule has 0 aliphatic rings. The molecule has 142 valence electrons. The summed E-state index contributed by atoms with van der Waals surface area (Å²) in [5.41, 5.74) is 4.13. The molecule has 28 heavy (non-hydrogen) atoms. The van der Waals surface area contributed by atoms with E-state index in [1.54, 1.807) is 41.0 Å². The summed E-state index contributed by atoms with van der Waals surface area (Å²) in [4.78, 5) is 4.47. The Bertz CT molecular complexity index is 1140. The fourth-order valence-corrected chi connectivity index (χ4v) is 3.21. The average Bonchev–Trinajstić information content (AvgIpc) is 3.10. The van der Waals surface area contributed by atoms with Gasteiger partial charge in [-0.2, -0.15) is 4.98 Å². The lowest BCUT2D eigenvalue weighted by Gasteiger charge is -2.07. The minimum Gasteiger partial charge on any atom is -0.508 e. The number of anilines is 2. The number of nitrogens with one attached hydrogen (secondary N) is 1. The summed E-state index contributed by atoms with van der Waals surface area (Å²) in [6.45, 7) is -0.260. The molecule has 2 aromatic heterocycles. The van der Waals surface area contributed by atoms with Crippen LogP contribution in [0.25, 0.3) is 16.8 Å². The van der Waals surface area contributed by atoms with E-state index in [-0.39, 0.29) is 19.0 Å². The number of halogens is 1. The third-order valence-electron chi connectivity index (χ3n) is 4.27. The van der Waals surface area contributed by atoms with Crippen LogP contribution in [0.4, 0.5) is 11.6 Å². The highest BCUT2D eigenvalue weighted by Gasteiger charge is 2.10. The van der Waals surface area contributed by atoms with Crippen molar-refractivity contribution in [1.82, 2.24) is 14.6 Å². The molecule has 0 saturated heterocycles. The molecule has 4 N–H and O–H groups in total. The van der Waals surface area contributed by atoms with Crippen LogP contribution in [0.3, 0.4) is 0 Å². The van der Waals surface area contributed by atoms with Crippen molar-refractivity contribution in [3.8, 4) is 16.9 Å². The number of fused-ring (bicyclic) bond motifs is 1. The quantitative estimate of drug-likeness (QED) is 0.412. The smallest absolute Gasteiger partial charge is 0.247 e. The van der Waals surface area contributed by atoms with E-state index < -0.39 is 0 Å². The van der Waals surface area contributed by atoms with E-state index in [0.29, 0.717) is 39.0 Å². The molecule has 7 nitrogen and oxygen atoms in total. The molecule has 0 saturated carbocycles. The number of aliphatic hydroxyl groups is 2. The predicted octanol–water partition coefficient (Wildman–Crippen LogP) is 3.48. The third kappa shape index (κ3) is 3.63. The molecular weight excluding hydrogens is 380 g/mol. The molecule has 0 aliphatic heterocycles. The van der Waals surface area contributed by atoms with Crippen LogP contribution in [0.15, 0.2) is 54.7 Å². The van der Waals surface area contributed by atoms with Gasteiger partial charge in [-0.3, -0.25) is 0 Å². The van der Waals surface area contributed by atoms with Gasteiger partial charge in [0.2, 0.25) is 5.95 Å². The van der Waals surface area contributed by atoms with Crippen LogP contribution in [-0.2, 0) is 13.2 Å². The van der Waals surface area contributed by atoms with Crippen molar-refractivity contribution in [2.24, 2.45) is 0 Å². The van der Waals surface area contributed by atoms with Crippen molar-refractivity contribution >= 4 is 28.9 Å². The minimum atomic E-state index is -0.130. The molecule has 0 bridgehead atoms. The lowest BCUT2D eigenvalue weighted by Crippen LogP contribution is -1.97. The second-order valence-electron chi connectivity index (χ2n) is 6.30. The Kier molecular flexibility index (Phi) is 4.87. The monoisotopic (exact) mass is 396 g/mol. The van der Waals surface area contributed by atoms with Gasteiger partial charge in [-0.1, -0.05) is 17.7 Å². The van der Waals surface area contributed by atoms with Crippen molar-refractivity contribution < 1.29 is 15.3 Å². The third-order valence-corrected chi connectivity index (χ3v) is 4.60. The Morgan fingerprint density at radius 3 is 2.43 bits per heavy atom. The minimum absolute atomic E-state index is 0.130. The van der Waals surface area contributed by atoms with E-state index in [1.807, 2.05) is 12.1 Å². The van der Waals surface area contributed by atoms with Crippen molar-refractivity contribution in [3.63, 3.8) is 0 Å². The summed E-state index contributed by atoms with van der Waals surface area (Å²) in [6, 6.07) is 13.7. The number of phenols is 1. The maximum atomic E-state index is 9.73. The molecule has 0 unspecified atom stereocenters. The highest BCUT2D eigenvalue weighted by molar-refractivity contribution is 6.33. The molecule has 0 aliphatic carbocycles. The second kappa shape index (κ2) is 7.47. The van der Waals surface area contributed by atoms with E-state index in [0.717, 1.165) is 5.56 Å². The lowest BCUT2D eigenvalue weighted by molar-refractivity contribution is 0.275. The van der Waals surface area contributed by atoms with Gasteiger partial charge in [0.15, 0.2) is 5.65 Å². The van der Waals surface area contributed by atoms with Crippen LogP contribution in [0.5, 0.6) is 5.75 Å². The van der Waals surface area contributed by atoms with E-state index in [1.165, 1.54) is 6.07 Å². The second-order valence-corrected chi connectivity index (χ2v) is 6.70. The van der Waals surface area contributed by atoms with Gasteiger partial charge in [0.25, 0.3) is 0 Å². The molecule has 4 aromatic rings.